The lowest BCUT2D eigenvalue weighted by Crippen LogP contribution is -2.33. The molecule has 1 aliphatic heterocycles. The summed E-state index contributed by atoms with van der Waals surface area (Å²) in [6, 6.07) is 19.4. The molecule has 180 valence electrons. The highest BCUT2D eigenvalue weighted by molar-refractivity contribution is 5.57. The van der Waals surface area contributed by atoms with Crippen molar-refractivity contribution in [2.45, 2.75) is 39.7 Å². The third-order valence-electron chi connectivity index (χ3n) is 6.06. The van der Waals surface area contributed by atoms with Crippen molar-refractivity contribution < 1.29 is 14.2 Å². The topological polar surface area (TPSA) is 99.5 Å². The lowest BCUT2D eigenvalue weighted by atomic mass is 9.84. The maximum Gasteiger partial charge on any atom is 0.258 e. The first-order chi connectivity index (χ1) is 17.0. The van der Waals surface area contributed by atoms with Gasteiger partial charge in [0.15, 0.2) is 11.5 Å². The van der Waals surface area contributed by atoms with Gasteiger partial charge in [-0.05, 0) is 50.5 Å². The van der Waals surface area contributed by atoms with Gasteiger partial charge in [-0.25, -0.2) is 0 Å². The van der Waals surface area contributed by atoms with Crippen LogP contribution < -0.4 is 25.5 Å². The van der Waals surface area contributed by atoms with Gasteiger partial charge < -0.3 is 24.5 Å². The molecule has 3 aromatic rings. The van der Waals surface area contributed by atoms with E-state index >= 15 is 0 Å². The van der Waals surface area contributed by atoms with Crippen molar-refractivity contribution in [3.05, 3.63) is 98.8 Å². The number of pyridine rings is 1. The van der Waals surface area contributed by atoms with Gasteiger partial charge in [0.05, 0.1) is 24.7 Å². The standard InChI is InChI=1S/C28H29N3O4/c1-4-33-22-12-11-20(16-23(22)34-5-2)25-21(17-29)27(30)35-24-15-18(3)31(28(32)26(24)25)14-13-19-9-7-6-8-10-19/h6-12,15-16,25H,4-5,13-14,30H2,1-3H3/t25-/m1/s1. The molecule has 0 radical (unpaired) electrons. The highest BCUT2D eigenvalue weighted by Crippen LogP contribution is 2.42. The van der Waals surface area contributed by atoms with E-state index in [-0.39, 0.29) is 17.0 Å². The Hall–Kier alpha value is -4.18. The first-order valence-electron chi connectivity index (χ1n) is 11.7. The van der Waals surface area contributed by atoms with E-state index in [1.165, 1.54) is 0 Å². The van der Waals surface area contributed by atoms with Gasteiger partial charge >= 0.3 is 0 Å². The molecule has 0 saturated heterocycles. The van der Waals surface area contributed by atoms with Crippen molar-refractivity contribution in [1.82, 2.24) is 4.57 Å². The van der Waals surface area contributed by atoms with Gasteiger partial charge in [0.2, 0.25) is 5.88 Å². The van der Waals surface area contributed by atoms with Gasteiger partial charge in [0, 0.05) is 18.3 Å². The second-order valence-corrected chi connectivity index (χ2v) is 8.25. The van der Waals surface area contributed by atoms with E-state index in [0.29, 0.717) is 54.6 Å². The molecular weight excluding hydrogens is 442 g/mol. The molecular formula is C28H29N3O4. The fraction of sp³-hybridized carbons (Fsp3) is 0.286. The molecule has 1 atom stereocenters. The van der Waals surface area contributed by atoms with Gasteiger partial charge in [-0.2, -0.15) is 5.26 Å². The van der Waals surface area contributed by atoms with E-state index in [9.17, 15) is 10.1 Å². The van der Waals surface area contributed by atoms with Crippen LogP contribution in [0.2, 0.25) is 0 Å². The smallest absolute Gasteiger partial charge is 0.258 e. The number of nitrogens with two attached hydrogens (primary N) is 1. The van der Waals surface area contributed by atoms with E-state index in [1.807, 2.05) is 69.3 Å². The molecule has 35 heavy (non-hydrogen) atoms. The predicted octanol–water partition coefficient (Wildman–Crippen LogP) is 4.42. The lowest BCUT2D eigenvalue weighted by Gasteiger charge is -2.28. The van der Waals surface area contributed by atoms with E-state index in [0.717, 1.165) is 11.3 Å². The number of hydrogen-bond donors (Lipinski definition) is 1. The van der Waals surface area contributed by atoms with Gasteiger partial charge in [0.25, 0.3) is 5.56 Å². The van der Waals surface area contributed by atoms with Gasteiger partial charge in [-0.1, -0.05) is 36.4 Å². The molecule has 2 N–H and O–H groups in total. The molecule has 0 aliphatic carbocycles. The van der Waals surface area contributed by atoms with Crippen LogP contribution in [0.15, 0.2) is 70.8 Å². The van der Waals surface area contributed by atoms with Crippen molar-refractivity contribution in [3.63, 3.8) is 0 Å². The summed E-state index contributed by atoms with van der Waals surface area (Å²) >= 11 is 0. The molecule has 2 heterocycles. The molecule has 1 aliphatic rings. The maximum atomic E-state index is 13.8. The predicted molar refractivity (Wildman–Crippen MR) is 134 cm³/mol. The van der Waals surface area contributed by atoms with Gasteiger partial charge in [0.1, 0.15) is 17.4 Å². The van der Waals surface area contributed by atoms with Crippen LogP contribution >= 0.6 is 0 Å². The van der Waals surface area contributed by atoms with Crippen molar-refractivity contribution >= 4 is 0 Å². The SMILES string of the molecule is CCOc1ccc([C@@H]2C(C#N)=C(N)Oc3cc(C)n(CCc4ccccc4)c(=O)c32)cc1OCC. The number of nitriles is 1. The molecule has 0 saturated carbocycles. The van der Waals surface area contributed by atoms with E-state index in [2.05, 4.69) is 6.07 Å². The highest BCUT2D eigenvalue weighted by atomic mass is 16.5. The second-order valence-electron chi connectivity index (χ2n) is 8.25. The van der Waals surface area contributed by atoms with Crippen molar-refractivity contribution in [1.29, 1.82) is 5.26 Å². The van der Waals surface area contributed by atoms with Crippen LogP contribution in [0.1, 0.15) is 42.1 Å². The van der Waals surface area contributed by atoms with Gasteiger partial charge in [-0.15, -0.1) is 0 Å². The zero-order chi connectivity index (χ0) is 24.9. The monoisotopic (exact) mass is 471 g/mol. The molecule has 7 heteroatoms. The third-order valence-corrected chi connectivity index (χ3v) is 6.06. The minimum absolute atomic E-state index is 0.00215. The Morgan fingerprint density at radius 1 is 1.06 bits per heavy atom. The van der Waals surface area contributed by atoms with E-state index in [4.69, 9.17) is 19.9 Å². The average molecular weight is 472 g/mol. The van der Waals surface area contributed by atoms with Gasteiger partial charge in [-0.3, -0.25) is 4.79 Å². The first-order valence-corrected chi connectivity index (χ1v) is 11.7. The van der Waals surface area contributed by atoms with Crippen LogP contribution in [0.4, 0.5) is 0 Å². The summed E-state index contributed by atoms with van der Waals surface area (Å²) in [6.07, 6.45) is 0.701. The Bertz CT molecular complexity index is 1350. The number of rotatable bonds is 8. The van der Waals surface area contributed by atoms with Crippen LogP contribution in [-0.2, 0) is 13.0 Å². The molecule has 0 fully saturated rings. The fourth-order valence-corrected chi connectivity index (χ4v) is 4.43. The number of aryl methyl sites for hydroxylation is 2. The molecule has 0 spiro atoms. The molecule has 0 amide bonds. The van der Waals surface area contributed by atoms with Crippen LogP contribution in [0.5, 0.6) is 17.2 Å². The summed E-state index contributed by atoms with van der Waals surface area (Å²) in [5.41, 5.74) is 9.14. The number of benzene rings is 2. The number of ether oxygens (including phenoxy) is 3. The Labute approximate surface area is 205 Å². The van der Waals surface area contributed by atoms with Crippen molar-refractivity contribution in [2.75, 3.05) is 13.2 Å². The largest absolute Gasteiger partial charge is 0.490 e. The van der Waals surface area contributed by atoms with Crippen LogP contribution in [-0.4, -0.2) is 17.8 Å². The van der Waals surface area contributed by atoms with Crippen LogP contribution in [0, 0.1) is 18.3 Å². The number of allylic oxidation sites excluding steroid dienone is 1. The highest BCUT2D eigenvalue weighted by Gasteiger charge is 2.35. The first kappa shape index (κ1) is 24.0. The molecule has 7 nitrogen and oxygen atoms in total. The molecule has 0 bridgehead atoms. The van der Waals surface area contributed by atoms with Crippen molar-refractivity contribution in [2.24, 2.45) is 5.73 Å². The Balaban J connectivity index is 1.84. The second kappa shape index (κ2) is 10.4. The Morgan fingerprint density at radius 2 is 1.77 bits per heavy atom. The molecule has 4 rings (SSSR count). The van der Waals surface area contributed by atoms with E-state index < -0.39 is 5.92 Å². The molecule has 1 aromatic heterocycles. The Morgan fingerprint density at radius 3 is 2.46 bits per heavy atom. The summed E-state index contributed by atoms with van der Waals surface area (Å²) in [4.78, 5) is 13.8. The molecule has 2 aromatic carbocycles. The summed E-state index contributed by atoms with van der Waals surface area (Å²) in [7, 11) is 0. The minimum atomic E-state index is -0.685. The normalized spacial score (nSPS) is 14.6. The fourth-order valence-electron chi connectivity index (χ4n) is 4.43. The number of aromatic nitrogens is 1. The minimum Gasteiger partial charge on any atom is -0.490 e. The maximum absolute atomic E-state index is 13.8. The summed E-state index contributed by atoms with van der Waals surface area (Å²) in [6.45, 7) is 7.09. The number of fused-ring (bicyclic) bond motifs is 1. The quantitative estimate of drug-likeness (QED) is 0.522. The lowest BCUT2D eigenvalue weighted by molar-refractivity contribution is 0.287. The summed E-state index contributed by atoms with van der Waals surface area (Å²) < 4.78 is 19.0. The third kappa shape index (κ3) is 4.73. The van der Waals surface area contributed by atoms with Crippen molar-refractivity contribution in [3.8, 4) is 23.3 Å². The van der Waals surface area contributed by atoms with Crippen LogP contribution in [0.25, 0.3) is 0 Å². The number of nitrogens with zero attached hydrogens (tertiary/aromatic N) is 2. The van der Waals surface area contributed by atoms with Crippen LogP contribution in [0.3, 0.4) is 0 Å². The summed E-state index contributed by atoms with van der Waals surface area (Å²) in [5, 5.41) is 9.96. The number of hydrogen-bond acceptors (Lipinski definition) is 6. The average Bonchev–Trinajstić information content (AvgIpc) is 2.85. The Kier molecular flexibility index (Phi) is 7.11. The molecule has 0 unspecified atom stereocenters. The van der Waals surface area contributed by atoms with E-state index in [1.54, 1.807) is 10.6 Å². The zero-order valence-electron chi connectivity index (χ0n) is 20.2. The summed E-state index contributed by atoms with van der Waals surface area (Å²) in [5.74, 6) is 0.835. The zero-order valence-corrected chi connectivity index (χ0v) is 20.2.